The highest BCUT2D eigenvalue weighted by Crippen LogP contribution is 2.13. The lowest BCUT2D eigenvalue weighted by Crippen LogP contribution is -2.48. The molecule has 2 aromatic rings. The summed E-state index contributed by atoms with van der Waals surface area (Å²) in [6.07, 6.45) is 0.0589. The summed E-state index contributed by atoms with van der Waals surface area (Å²) < 4.78 is 5.53. The van der Waals surface area contributed by atoms with Crippen molar-refractivity contribution in [2.24, 2.45) is 0 Å². The molecule has 0 aliphatic carbocycles. The third-order valence-electron chi connectivity index (χ3n) is 3.32. The predicted molar refractivity (Wildman–Crippen MR) is 104 cm³/mol. The lowest BCUT2D eigenvalue weighted by atomic mass is 10.1. The van der Waals surface area contributed by atoms with Crippen molar-refractivity contribution in [2.75, 3.05) is 0 Å². The number of carbonyl (C=O) groups is 2. The maximum absolute atomic E-state index is 12.1. The second-order valence-electron chi connectivity index (χ2n) is 5.92. The Bertz CT molecular complexity index is 787. The van der Waals surface area contributed by atoms with Gasteiger partial charge < -0.3 is 4.74 Å². The van der Waals surface area contributed by atoms with Crippen molar-refractivity contribution in [3.05, 3.63) is 65.2 Å². The molecule has 6 nitrogen and oxygen atoms in total. The number of amides is 2. The van der Waals surface area contributed by atoms with Crippen LogP contribution in [0.5, 0.6) is 5.75 Å². The van der Waals surface area contributed by atoms with Crippen LogP contribution >= 0.6 is 12.2 Å². The van der Waals surface area contributed by atoms with Crippen molar-refractivity contribution in [2.45, 2.75) is 26.9 Å². The molecular formula is C19H21N3O3S. The largest absolute Gasteiger partial charge is 0.491 e. The van der Waals surface area contributed by atoms with Gasteiger partial charge in [0, 0.05) is 11.1 Å². The lowest BCUT2D eigenvalue weighted by molar-refractivity contribution is 0.0934. The van der Waals surface area contributed by atoms with Gasteiger partial charge in [0.2, 0.25) is 0 Å². The number of rotatable bonds is 4. The molecule has 0 fully saturated rings. The van der Waals surface area contributed by atoms with Gasteiger partial charge in [-0.25, -0.2) is 0 Å². The number of nitrogens with one attached hydrogen (secondary N) is 3. The minimum Gasteiger partial charge on any atom is -0.491 e. The smallest absolute Gasteiger partial charge is 0.269 e. The third-order valence-corrected chi connectivity index (χ3v) is 3.52. The average Bonchev–Trinajstić information content (AvgIpc) is 2.60. The quantitative estimate of drug-likeness (QED) is 0.569. The van der Waals surface area contributed by atoms with Crippen molar-refractivity contribution < 1.29 is 14.3 Å². The van der Waals surface area contributed by atoms with Gasteiger partial charge in [-0.05, 0) is 69.4 Å². The van der Waals surface area contributed by atoms with Crippen molar-refractivity contribution >= 4 is 29.1 Å². The fraction of sp³-hybridized carbons (Fsp3) is 0.211. The van der Waals surface area contributed by atoms with Crippen LogP contribution in [0.2, 0.25) is 0 Å². The molecule has 136 valence electrons. The summed E-state index contributed by atoms with van der Waals surface area (Å²) in [5.41, 5.74) is 6.92. The van der Waals surface area contributed by atoms with Crippen molar-refractivity contribution in [3.63, 3.8) is 0 Å². The number of hydrogen-bond acceptors (Lipinski definition) is 4. The first kappa shape index (κ1) is 19.4. The van der Waals surface area contributed by atoms with Gasteiger partial charge in [-0.15, -0.1) is 0 Å². The molecule has 0 atom stereocenters. The summed E-state index contributed by atoms with van der Waals surface area (Å²) in [6, 6.07) is 13.8. The van der Waals surface area contributed by atoms with Crippen LogP contribution in [0, 0.1) is 6.92 Å². The number of hydrogen-bond donors (Lipinski definition) is 3. The molecule has 26 heavy (non-hydrogen) atoms. The van der Waals surface area contributed by atoms with E-state index in [0.29, 0.717) is 16.9 Å². The van der Waals surface area contributed by atoms with Crippen LogP contribution in [0.1, 0.15) is 40.1 Å². The van der Waals surface area contributed by atoms with Crippen LogP contribution in [0.25, 0.3) is 0 Å². The van der Waals surface area contributed by atoms with Gasteiger partial charge in [-0.2, -0.15) is 0 Å². The summed E-state index contributed by atoms with van der Waals surface area (Å²) in [5.74, 6) is -0.0532. The van der Waals surface area contributed by atoms with E-state index in [2.05, 4.69) is 16.2 Å². The Morgan fingerprint density at radius 1 is 0.885 bits per heavy atom. The molecular weight excluding hydrogens is 350 g/mol. The van der Waals surface area contributed by atoms with Gasteiger partial charge in [-0.3, -0.25) is 25.8 Å². The number of carbonyl (C=O) groups excluding carboxylic acids is 2. The molecule has 0 saturated carbocycles. The molecule has 0 unspecified atom stereocenters. The fourth-order valence-electron chi connectivity index (χ4n) is 2.05. The standard InChI is InChI=1S/C19H21N3O3S/c1-12(2)25-16-10-8-14(9-11-16)17(23)20-19(26)22-21-18(24)15-6-4-13(3)5-7-15/h4-12H,1-3H3,(H,21,24)(H2,20,22,23,26). The van der Waals surface area contributed by atoms with Crippen LogP contribution in [-0.2, 0) is 0 Å². The zero-order chi connectivity index (χ0) is 19.1. The SMILES string of the molecule is Cc1ccc(C(=O)NNC(=S)NC(=O)c2ccc(OC(C)C)cc2)cc1. The lowest BCUT2D eigenvalue weighted by Gasteiger charge is -2.12. The Balaban J connectivity index is 1.84. The van der Waals surface area contributed by atoms with E-state index >= 15 is 0 Å². The number of hydrazine groups is 1. The molecule has 2 aromatic carbocycles. The normalized spacial score (nSPS) is 10.2. The van der Waals surface area contributed by atoms with E-state index in [1.54, 1.807) is 36.4 Å². The maximum atomic E-state index is 12.1. The van der Waals surface area contributed by atoms with E-state index in [-0.39, 0.29) is 23.0 Å². The summed E-state index contributed by atoms with van der Waals surface area (Å²) in [5, 5.41) is 2.50. The Morgan fingerprint density at radius 2 is 1.42 bits per heavy atom. The van der Waals surface area contributed by atoms with Crippen LogP contribution in [-0.4, -0.2) is 23.0 Å². The number of thiocarbonyl (C=S) groups is 1. The molecule has 0 radical (unpaired) electrons. The molecule has 0 saturated heterocycles. The Kier molecular flexibility index (Phi) is 6.68. The molecule has 0 aliphatic rings. The highest BCUT2D eigenvalue weighted by Gasteiger charge is 2.10. The van der Waals surface area contributed by atoms with E-state index in [4.69, 9.17) is 17.0 Å². The summed E-state index contributed by atoms with van der Waals surface area (Å²) in [7, 11) is 0. The van der Waals surface area contributed by atoms with Gasteiger partial charge in [0.25, 0.3) is 11.8 Å². The second kappa shape index (κ2) is 8.96. The number of benzene rings is 2. The van der Waals surface area contributed by atoms with Gasteiger partial charge >= 0.3 is 0 Å². The van der Waals surface area contributed by atoms with Crippen molar-refractivity contribution in [1.29, 1.82) is 0 Å². The van der Waals surface area contributed by atoms with Gasteiger partial charge in [-0.1, -0.05) is 17.7 Å². The minimum atomic E-state index is -0.386. The second-order valence-corrected chi connectivity index (χ2v) is 6.33. The highest BCUT2D eigenvalue weighted by atomic mass is 32.1. The molecule has 7 heteroatoms. The molecule has 0 aromatic heterocycles. The molecule has 2 amide bonds. The van der Waals surface area contributed by atoms with Gasteiger partial charge in [0.15, 0.2) is 5.11 Å². The molecule has 3 N–H and O–H groups in total. The maximum Gasteiger partial charge on any atom is 0.269 e. The van der Waals surface area contributed by atoms with E-state index in [9.17, 15) is 9.59 Å². The van der Waals surface area contributed by atoms with Crippen LogP contribution < -0.4 is 20.9 Å². The Labute approximate surface area is 157 Å². The molecule has 0 spiro atoms. The molecule has 0 bridgehead atoms. The Morgan fingerprint density at radius 3 is 2.00 bits per heavy atom. The minimum absolute atomic E-state index is 0.00188. The first-order valence-corrected chi connectivity index (χ1v) is 8.51. The first-order valence-electron chi connectivity index (χ1n) is 8.10. The zero-order valence-electron chi connectivity index (χ0n) is 14.8. The summed E-state index contributed by atoms with van der Waals surface area (Å²) in [4.78, 5) is 24.1. The van der Waals surface area contributed by atoms with E-state index < -0.39 is 0 Å². The number of ether oxygens (including phenoxy) is 1. The van der Waals surface area contributed by atoms with Crippen LogP contribution in [0.3, 0.4) is 0 Å². The zero-order valence-corrected chi connectivity index (χ0v) is 15.6. The van der Waals surface area contributed by atoms with Crippen LogP contribution in [0.4, 0.5) is 0 Å². The van der Waals surface area contributed by atoms with Crippen LogP contribution in [0.15, 0.2) is 48.5 Å². The van der Waals surface area contributed by atoms with E-state index in [0.717, 1.165) is 5.56 Å². The first-order chi connectivity index (χ1) is 12.3. The topological polar surface area (TPSA) is 79.5 Å². The Hall–Kier alpha value is -2.93. The van der Waals surface area contributed by atoms with Crippen molar-refractivity contribution in [3.8, 4) is 5.75 Å². The third kappa shape index (κ3) is 5.86. The summed E-state index contributed by atoms with van der Waals surface area (Å²) in [6.45, 7) is 5.79. The molecule has 0 aliphatic heterocycles. The molecule has 0 heterocycles. The fourth-order valence-corrected chi connectivity index (χ4v) is 2.20. The predicted octanol–water partition coefficient (Wildman–Crippen LogP) is 2.73. The van der Waals surface area contributed by atoms with E-state index in [1.165, 1.54) is 0 Å². The monoisotopic (exact) mass is 371 g/mol. The number of aryl methyl sites for hydroxylation is 1. The van der Waals surface area contributed by atoms with Crippen molar-refractivity contribution in [1.82, 2.24) is 16.2 Å². The highest BCUT2D eigenvalue weighted by molar-refractivity contribution is 7.80. The average molecular weight is 371 g/mol. The van der Waals surface area contributed by atoms with Gasteiger partial charge in [0.1, 0.15) is 5.75 Å². The molecule has 2 rings (SSSR count). The summed E-state index contributed by atoms with van der Waals surface area (Å²) >= 11 is 5.02. The van der Waals surface area contributed by atoms with E-state index in [1.807, 2.05) is 32.9 Å². The van der Waals surface area contributed by atoms with Gasteiger partial charge in [0.05, 0.1) is 6.10 Å².